The van der Waals surface area contributed by atoms with E-state index in [-0.39, 0.29) is 6.10 Å². The third kappa shape index (κ3) is 2.89. The normalized spacial score (nSPS) is 20.6. The molecule has 0 bridgehead atoms. The zero-order valence-corrected chi connectivity index (χ0v) is 6.92. The maximum atomic E-state index is 9.25. The van der Waals surface area contributed by atoms with Crippen molar-refractivity contribution in [1.29, 1.82) is 0 Å². The molecule has 0 heterocycles. The quantitative estimate of drug-likeness (QED) is 0.616. The van der Waals surface area contributed by atoms with Crippen molar-refractivity contribution in [2.24, 2.45) is 0 Å². The van der Waals surface area contributed by atoms with Gasteiger partial charge in [-0.2, -0.15) is 0 Å². The highest BCUT2D eigenvalue weighted by Gasteiger charge is 2.06. The van der Waals surface area contributed by atoms with Gasteiger partial charge in [-0.15, -0.1) is 6.58 Å². The highest BCUT2D eigenvalue weighted by Crippen LogP contribution is 2.21. The molecule has 0 amide bonds. The van der Waals surface area contributed by atoms with Crippen LogP contribution < -0.4 is 0 Å². The van der Waals surface area contributed by atoms with Crippen LogP contribution in [0.5, 0.6) is 0 Å². The Bertz CT molecular complexity index is 158. The van der Waals surface area contributed by atoms with Crippen molar-refractivity contribution in [2.75, 3.05) is 0 Å². The molecule has 0 radical (unpaired) electrons. The Kier molecular flexibility index (Phi) is 3.37. The minimum Gasteiger partial charge on any atom is -0.389 e. The number of aliphatic hydroxyl groups excluding tert-OH is 1. The van der Waals surface area contributed by atoms with E-state index in [1.807, 2.05) is 0 Å². The van der Waals surface area contributed by atoms with E-state index < -0.39 is 0 Å². The first-order valence-electron chi connectivity index (χ1n) is 4.31. The largest absolute Gasteiger partial charge is 0.389 e. The molecule has 1 aliphatic rings. The Labute approximate surface area is 68.4 Å². The summed E-state index contributed by atoms with van der Waals surface area (Å²) < 4.78 is 0. The van der Waals surface area contributed by atoms with E-state index in [0.29, 0.717) is 0 Å². The molecule has 1 atom stereocenters. The van der Waals surface area contributed by atoms with Crippen LogP contribution in [0.25, 0.3) is 0 Å². The molecule has 62 valence electrons. The van der Waals surface area contributed by atoms with Crippen LogP contribution in [0.15, 0.2) is 24.3 Å². The summed E-state index contributed by atoms with van der Waals surface area (Å²) in [4.78, 5) is 0. The average Bonchev–Trinajstić information content (AvgIpc) is 2.06. The first-order valence-corrected chi connectivity index (χ1v) is 4.31. The second kappa shape index (κ2) is 4.35. The molecule has 1 heteroatoms. The third-order valence-corrected chi connectivity index (χ3v) is 2.13. The highest BCUT2D eigenvalue weighted by molar-refractivity contribution is 5.07. The summed E-state index contributed by atoms with van der Waals surface area (Å²) in [6.45, 7) is 3.55. The zero-order chi connectivity index (χ0) is 8.10. The van der Waals surface area contributed by atoms with Gasteiger partial charge < -0.3 is 5.11 Å². The van der Waals surface area contributed by atoms with Gasteiger partial charge in [0.05, 0.1) is 6.10 Å². The fourth-order valence-electron chi connectivity index (χ4n) is 1.44. The van der Waals surface area contributed by atoms with Crippen molar-refractivity contribution in [3.05, 3.63) is 24.3 Å². The molecule has 0 spiro atoms. The van der Waals surface area contributed by atoms with Gasteiger partial charge in [0.25, 0.3) is 0 Å². The molecule has 1 N–H and O–H groups in total. The second-order valence-electron chi connectivity index (χ2n) is 3.12. The molecule has 1 nitrogen and oxygen atoms in total. The summed E-state index contributed by atoms with van der Waals surface area (Å²) in [6.07, 6.45) is 9.29. The fraction of sp³-hybridized carbons (Fsp3) is 0.600. The fourth-order valence-corrected chi connectivity index (χ4v) is 1.44. The first-order chi connectivity index (χ1) is 5.33. The number of rotatable bonds is 3. The predicted octanol–water partition coefficient (Wildman–Crippen LogP) is 2.42. The van der Waals surface area contributed by atoms with Crippen LogP contribution in [0.1, 0.15) is 32.1 Å². The number of hydrogen-bond acceptors (Lipinski definition) is 1. The summed E-state index contributed by atoms with van der Waals surface area (Å²) in [5, 5.41) is 9.25. The summed E-state index contributed by atoms with van der Waals surface area (Å²) in [7, 11) is 0. The van der Waals surface area contributed by atoms with Gasteiger partial charge in [0.2, 0.25) is 0 Å². The Hall–Kier alpha value is -0.560. The molecular weight excluding hydrogens is 136 g/mol. The van der Waals surface area contributed by atoms with Gasteiger partial charge in [-0.3, -0.25) is 0 Å². The van der Waals surface area contributed by atoms with E-state index in [1.54, 1.807) is 6.08 Å². The van der Waals surface area contributed by atoms with Gasteiger partial charge in [0, 0.05) is 0 Å². The topological polar surface area (TPSA) is 20.2 Å². The van der Waals surface area contributed by atoms with Crippen molar-refractivity contribution in [2.45, 2.75) is 38.2 Å². The van der Waals surface area contributed by atoms with E-state index in [9.17, 15) is 5.11 Å². The van der Waals surface area contributed by atoms with E-state index in [0.717, 1.165) is 6.42 Å². The molecule has 0 fully saturated rings. The van der Waals surface area contributed by atoms with Gasteiger partial charge in [0.1, 0.15) is 0 Å². The van der Waals surface area contributed by atoms with Crippen molar-refractivity contribution in [3.8, 4) is 0 Å². The van der Waals surface area contributed by atoms with Crippen molar-refractivity contribution >= 4 is 0 Å². The van der Waals surface area contributed by atoms with E-state index in [4.69, 9.17) is 0 Å². The van der Waals surface area contributed by atoms with Crippen molar-refractivity contribution in [3.63, 3.8) is 0 Å². The Morgan fingerprint density at radius 2 is 2.45 bits per heavy atom. The molecule has 0 aromatic heterocycles. The van der Waals surface area contributed by atoms with Crippen LogP contribution >= 0.6 is 0 Å². The standard InChI is InChI=1S/C10H16O/c1-2-10(11)8-9-6-4-3-5-7-9/h2,6,10-11H,1,3-5,7-8H2/t10-/m0/s1. The second-order valence-corrected chi connectivity index (χ2v) is 3.12. The van der Waals surface area contributed by atoms with Gasteiger partial charge in [-0.25, -0.2) is 0 Å². The molecule has 11 heavy (non-hydrogen) atoms. The van der Waals surface area contributed by atoms with Gasteiger partial charge in [-0.05, 0) is 32.1 Å². The third-order valence-electron chi connectivity index (χ3n) is 2.13. The van der Waals surface area contributed by atoms with Crippen molar-refractivity contribution < 1.29 is 5.11 Å². The lowest BCUT2D eigenvalue weighted by Gasteiger charge is -2.13. The highest BCUT2D eigenvalue weighted by atomic mass is 16.3. The molecule has 0 saturated heterocycles. The summed E-state index contributed by atoms with van der Waals surface area (Å²) in [5.41, 5.74) is 1.41. The van der Waals surface area contributed by atoms with E-state index in [1.165, 1.54) is 31.3 Å². The summed E-state index contributed by atoms with van der Waals surface area (Å²) in [5.74, 6) is 0. The Morgan fingerprint density at radius 1 is 1.64 bits per heavy atom. The van der Waals surface area contributed by atoms with Crippen LogP contribution in [0, 0.1) is 0 Å². The molecule has 1 rings (SSSR count). The average molecular weight is 152 g/mol. The molecule has 0 saturated carbocycles. The smallest absolute Gasteiger partial charge is 0.0755 e. The summed E-state index contributed by atoms with van der Waals surface area (Å²) in [6, 6.07) is 0. The number of aliphatic hydroxyl groups is 1. The van der Waals surface area contributed by atoms with Crippen molar-refractivity contribution in [1.82, 2.24) is 0 Å². The van der Waals surface area contributed by atoms with Crippen LogP contribution in [-0.2, 0) is 0 Å². The number of allylic oxidation sites excluding steroid dienone is 1. The molecule has 0 unspecified atom stereocenters. The van der Waals surface area contributed by atoms with Gasteiger partial charge >= 0.3 is 0 Å². The minimum atomic E-state index is -0.334. The predicted molar refractivity (Wildman–Crippen MR) is 47.4 cm³/mol. The van der Waals surface area contributed by atoms with Gasteiger partial charge in [0.15, 0.2) is 0 Å². The minimum absolute atomic E-state index is 0.334. The first kappa shape index (κ1) is 8.54. The van der Waals surface area contributed by atoms with Crippen LogP contribution in [0.4, 0.5) is 0 Å². The van der Waals surface area contributed by atoms with Crippen LogP contribution in [0.3, 0.4) is 0 Å². The maximum absolute atomic E-state index is 9.25. The molecule has 0 aromatic rings. The maximum Gasteiger partial charge on any atom is 0.0755 e. The number of hydrogen-bond donors (Lipinski definition) is 1. The molecule has 1 aliphatic carbocycles. The molecule has 0 aliphatic heterocycles. The SMILES string of the molecule is C=C[C@H](O)CC1=CCCCC1. The molecular formula is C10H16O. The summed E-state index contributed by atoms with van der Waals surface area (Å²) >= 11 is 0. The lowest BCUT2D eigenvalue weighted by molar-refractivity contribution is 0.222. The van der Waals surface area contributed by atoms with Gasteiger partial charge in [-0.1, -0.05) is 17.7 Å². The lowest BCUT2D eigenvalue weighted by atomic mass is 9.95. The van der Waals surface area contributed by atoms with Crippen LogP contribution in [0.2, 0.25) is 0 Å². The Morgan fingerprint density at radius 3 is 3.00 bits per heavy atom. The Balaban J connectivity index is 2.34. The monoisotopic (exact) mass is 152 g/mol. The van der Waals surface area contributed by atoms with E-state index >= 15 is 0 Å². The molecule has 0 aromatic carbocycles. The van der Waals surface area contributed by atoms with Crippen LogP contribution in [-0.4, -0.2) is 11.2 Å². The zero-order valence-electron chi connectivity index (χ0n) is 6.92. The lowest BCUT2D eigenvalue weighted by Crippen LogP contribution is -2.04. The van der Waals surface area contributed by atoms with E-state index in [2.05, 4.69) is 12.7 Å².